The first-order valence-corrected chi connectivity index (χ1v) is 34.9. The molecule has 10 aromatic rings. The third kappa shape index (κ3) is 50.5. The summed E-state index contributed by atoms with van der Waals surface area (Å²) in [6.45, 7) is 13.4. The number of halogens is 10. The number of hydrogen-bond acceptors (Lipinski definition) is 10. The number of Topliss-reactive ketones (excluding diaryl/α,β-unsaturated/α-hetero) is 5. The van der Waals surface area contributed by atoms with Crippen molar-refractivity contribution < 1.29 is 83.1 Å². The van der Waals surface area contributed by atoms with E-state index in [0.717, 1.165) is 68.8 Å². The van der Waals surface area contributed by atoms with Crippen LogP contribution in [-0.4, -0.2) is 61.0 Å². The highest BCUT2D eigenvalue weighted by molar-refractivity contribution is 6.30. The van der Waals surface area contributed by atoms with Gasteiger partial charge in [0, 0.05) is 92.6 Å². The van der Waals surface area contributed by atoms with Gasteiger partial charge in [-0.25, -0.2) is 35.1 Å². The van der Waals surface area contributed by atoms with Crippen LogP contribution in [0, 0.1) is 60.4 Å². The van der Waals surface area contributed by atoms with Gasteiger partial charge in [-0.05, 0) is 183 Å². The molecule has 0 aliphatic rings. The summed E-state index contributed by atoms with van der Waals surface area (Å²) in [5.41, 5.74) is 10.00. The average Bonchev–Trinajstić information content (AvgIpc) is 0.889. The molecule has 10 aromatic carbocycles. The van der Waals surface area contributed by atoms with Gasteiger partial charge in [0.15, 0.2) is 0 Å². The zero-order valence-corrected chi connectivity index (χ0v) is 64.3. The Morgan fingerprint density at radius 2 is 0.580 bits per heavy atom. The van der Waals surface area contributed by atoms with Crippen LogP contribution in [0.2, 0.25) is 10.0 Å². The highest BCUT2D eigenvalue weighted by Gasteiger charge is 2.07. The number of nitrogens with one attached hydrogen (secondary N) is 5. The average molecular weight is 1590 g/mol. The monoisotopic (exact) mass is 1590 g/mol. The van der Waals surface area contributed by atoms with Crippen molar-refractivity contribution >= 4 is 84.2 Å². The summed E-state index contributed by atoms with van der Waals surface area (Å²) in [7, 11) is 0. The Labute approximate surface area is 657 Å². The quantitative estimate of drug-likeness (QED) is 0.0268. The molecule has 10 rings (SSSR count). The predicted octanol–water partition coefficient (Wildman–Crippen LogP) is 16.8. The zero-order valence-electron chi connectivity index (χ0n) is 62.8. The summed E-state index contributed by atoms with van der Waals surface area (Å²) in [6, 6.07) is 61.7. The largest absolute Gasteiger partial charge is 0.355 e. The number of amides is 5. The molecule has 0 atom stereocenters. The van der Waals surface area contributed by atoms with E-state index < -0.39 is 23.3 Å². The van der Waals surface area contributed by atoms with Crippen molar-refractivity contribution in [2.45, 2.75) is 113 Å². The van der Waals surface area contributed by atoms with Crippen molar-refractivity contribution in [2.75, 3.05) is 0 Å². The van der Waals surface area contributed by atoms with Crippen LogP contribution in [0.15, 0.2) is 231 Å². The van der Waals surface area contributed by atoms with Crippen LogP contribution >= 0.6 is 23.2 Å². The second kappa shape index (κ2) is 58.9. The van der Waals surface area contributed by atoms with E-state index in [2.05, 4.69) is 26.6 Å². The van der Waals surface area contributed by atoms with Crippen molar-refractivity contribution in [1.82, 2.24) is 26.6 Å². The first kappa shape index (κ1) is 97.9. The van der Waals surface area contributed by atoms with E-state index in [1.165, 1.54) is 80.9 Å². The van der Waals surface area contributed by atoms with Crippen molar-refractivity contribution in [3.05, 3.63) is 354 Å². The van der Waals surface area contributed by atoms with Gasteiger partial charge >= 0.3 is 0 Å². The Kier molecular flexibility index (Phi) is 51.5. The molecule has 25 heteroatoms. The number of carbonyl (C=O) groups is 10. The van der Waals surface area contributed by atoms with Gasteiger partial charge in [0.05, 0.1) is 0 Å². The molecule has 112 heavy (non-hydrogen) atoms. The van der Waals surface area contributed by atoms with E-state index in [9.17, 15) is 83.1 Å². The van der Waals surface area contributed by atoms with Crippen LogP contribution in [0.3, 0.4) is 0 Å². The van der Waals surface area contributed by atoms with E-state index >= 15 is 0 Å². The van der Waals surface area contributed by atoms with Gasteiger partial charge in [0.2, 0.25) is 32.1 Å². The Morgan fingerprint density at radius 3 is 0.955 bits per heavy atom. The fourth-order valence-electron chi connectivity index (χ4n) is 8.71. The second-order valence-electron chi connectivity index (χ2n) is 24.0. The Bertz CT molecular complexity index is 4270. The zero-order chi connectivity index (χ0) is 83.6. The Morgan fingerprint density at radius 1 is 0.277 bits per heavy atom. The van der Waals surface area contributed by atoms with Crippen molar-refractivity contribution in [2.24, 2.45) is 0 Å². The molecule has 15 nitrogen and oxygen atoms in total. The molecule has 0 aliphatic carbocycles. The van der Waals surface area contributed by atoms with Crippen molar-refractivity contribution in [3.63, 3.8) is 0 Å². The SMILES string of the molecule is CC(=O)Cc1ccc(Cl)cc1.CC(=O)Cc1ccc(F)c(C)c1.CC(=O)Cc1ccc(F)cc1.CC(=O)Cc1ccc(F)cc1F.CC(=O)Cc1ccccc1.Cc1ccc(CNC=O)cc1.O=CNCc1ccc(Cl)cc1.O=CNCc1ccc(F)cc1.O=CNCc1ccc(F)cc1F.O=CNCc1cccc(F)c1. The topological polar surface area (TPSA) is 231 Å². The molecule has 5 amide bonds. The lowest BCUT2D eigenvalue weighted by Crippen LogP contribution is -2.11. The Hall–Kier alpha value is -12.1. The number of benzene rings is 10. The number of rotatable bonds is 25. The standard InChI is InChI=1S/C10H11FO.C9H9ClO.C9H8F2O.C9H9FO.C9H11NO.C9H10O.C8H8ClNO.C8H7F2NO.2C8H8FNO/c1-7-5-9(6-8(2)12)3-4-10(7)11;1-7(11)6-8-2-4-9(10)5-3-8;1-6(12)4-7-2-3-8(10)5-9(7)11;1-7(11)6-8-2-4-9(10)5-3-8;1-8-2-4-9(5-3-8)6-10-7-11;1-8(10)7-9-5-3-2-4-6-9;9-8-3-1-7(2-4-8)5-10-6-11;9-7-2-1-6(4-11-5-12)8(10)3-7;9-8-3-1-7(2-4-8)5-10-6-11;9-8-3-1-2-7(4-8)5-10-6-11/h3-5H,6H2,1-2H3;2-5H,6H2,1H3;2-3,5H,4H2,1H3;2-5H,6H2,1H3;2-5,7H,6H2,1H3,(H,10,11);2-6H,7H2,1H3;1-4,6H,5H2,(H,10,11);1-3,5H,4H2,(H,11,12);2*1-4,6H,5H2,(H,10,11). The molecule has 0 unspecified atom stereocenters. The van der Waals surface area contributed by atoms with Crippen LogP contribution in [0.5, 0.6) is 0 Å². The molecular weight excluding hydrogens is 1500 g/mol. The molecule has 0 saturated carbocycles. The third-order valence-corrected chi connectivity index (χ3v) is 14.4. The summed E-state index contributed by atoms with van der Waals surface area (Å²) in [5, 5.41) is 13.8. The summed E-state index contributed by atoms with van der Waals surface area (Å²) in [4.78, 5) is 103. The molecule has 0 heterocycles. The minimum Gasteiger partial charge on any atom is -0.355 e. The smallest absolute Gasteiger partial charge is 0.207 e. The van der Waals surface area contributed by atoms with Crippen LogP contribution in [0.1, 0.15) is 101 Å². The summed E-state index contributed by atoms with van der Waals surface area (Å²) >= 11 is 11.3. The van der Waals surface area contributed by atoms with E-state index in [0.29, 0.717) is 99.5 Å². The lowest BCUT2D eigenvalue weighted by atomic mass is 10.1. The first-order valence-electron chi connectivity index (χ1n) is 34.2. The molecule has 0 aromatic heterocycles. The maximum Gasteiger partial charge on any atom is 0.207 e. The number of hydrogen-bond donors (Lipinski definition) is 5. The highest BCUT2D eigenvalue weighted by atomic mass is 35.5. The minimum absolute atomic E-state index is 0.0200. The van der Waals surface area contributed by atoms with Gasteiger partial charge < -0.3 is 26.6 Å². The van der Waals surface area contributed by atoms with Crippen LogP contribution < -0.4 is 26.6 Å². The Balaban J connectivity index is 0.000000622. The van der Waals surface area contributed by atoms with E-state index in [1.807, 2.05) is 85.8 Å². The molecule has 0 spiro atoms. The maximum absolute atomic E-state index is 12.8. The summed E-state index contributed by atoms with van der Waals surface area (Å²) < 4.78 is 100. The highest BCUT2D eigenvalue weighted by Crippen LogP contribution is 2.15. The van der Waals surface area contributed by atoms with Gasteiger partial charge in [0.25, 0.3) is 0 Å². The maximum atomic E-state index is 12.8. The molecular formula is C87H89Cl2F8N5O10. The van der Waals surface area contributed by atoms with Crippen LogP contribution in [-0.2, 0) is 113 Å². The third-order valence-electron chi connectivity index (χ3n) is 13.9. The molecule has 5 N–H and O–H groups in total. The number of aryl methyl sites for hydroxylation is 2. The van der Waals surface area contributed by atoms with E-state index in [1.54, 1.807) is 93.6 Å². The van der Waals surface area contributed by atoms with E-state index in [-0.39, 0.29) is 76.3 Å². The van der Waals surface area contributed by atoms with Gasteiger partial charge in [-0.3, -0.25) is 47.9 Å². The molecule has 0 bridgehead atoms. The van der Waals surface area contributed by atoms with Crippen LogP contribution in [0.4, 0.5) is 35.1 Å². The first-order chi connectivity index (χ1) is 53.4. The number of ketones is 5. The van der Waals surface area contributed by atoms with Gasteiger partial charge in [0.1, 0.15) is 75.5 Å². The van der Waals surface area contributed by atoms with E-state index in [4.69, 9.17) is 23.2 Å². The molecule has 0 radical (unpaired) electrons. The number of carbonyl (C=O) groups excluding carboxylic acids is 10. The molecule has 0 saturated heterocycles. The van der Waals surface area contributed by atoms with Crippen LogP contribution in [0.25, 0.3) is 0 Å². The lowest BCUT2D eigenvalue weighted by molar-refractivity contribution is -0.117. The van der Waals surface area contributed by atoms with Gasteiger partial charge in [-0.2, -0.15) is 0 Å². The van der Waals surface area contributed by atoms with Crippen molar-refractivity contribution in [1.29, 1.82) is 0 Å². The predicted molar refractivity (Wildman–Crippen MR) is 420 cm³/mol. The summed E-state index contributed by atoms with van der Waals surface area (Å²) in [5.74, 6) is -3.15. The normalized spacial score (nSPS) is 9.47. The lowest BCUT2D eigenvalue weighted by Gasteiger charge is -2.00. The fraction of sp³-hybridized carbons (Fsp3) is 0.195. The molecule has 0 aliphatic heterocycles. The summed E-state index contributed by atoms with van der Waals surface area (Å²) in [6.07, 6.45) is 4.90. The minimum atomic E-state index is -0.662. The molecule has 592 valence electrons. The molecule has 0 fully saturated rings. The van der Waals surface area contributed by atoms with Gasteiger partial charge in [-0.15, -0.1) is 0 Å². The van der Waals surface area contributed by atoms with Gasteiger partial charge in [-0.1, -0.05) is 168 Å². The fourth-order valence-corrected chi connectivity index (χ4v) is 8.96. The second-order valence-corrected chi connectivity index (χ2v) is 24.9. The van der Waals surface area contributed by atoms with Crippen molar-refractivity contribution in [3.8, 4) is 0 Å².